The topological polar surface area (TPSA) is 105 Å². The minimum Gasteiger partial charge on any atom is -0.323 e. The van der Waals surface area contributed by atoms with Crippen LogP contribution in [0.3, 0.4) is 0 Å². The van der Waals surface area contributed by atoms with E-state index in [1.807, 2.05) is 6.92 Å². The van der Waals surface area contributed by atoms with Gasteiger partial charge in [-0.15, -0.1) is 5.10 Å². The van der Waals surface area contributed by atoms with Gasteiger partial charge < -0.3 is 10.3 Å². The molecule has 0 unspecified atom stereocenters. The van der Waals surface area contributed by atoms with Gasteiger partial charge in [-0.05, 0) is 25.5 Å². The first kappa shape index (κ1) is 13.0. The largest absolute Gasteiger partial charge is 0.323 e. The maximum atomic E-state index is 12.3. The second-order valence-electron chi connectivity index (χ2n) is 4.64. The van der Waals surface area contributed by atoms with E-state index in [2.05, 4.69) is 25.6 Å². The zero-order valence-corrected chi connectivity index (χ0v) is 11.4. The van der Waals surface area contributed by atoms with Gasteiger partial charge in [0.25, 0.3) is 11.5 Å². The lowest BCUT2D eigenvalue weighted by Gasteiger charge is -2.05. The number of aromatic nitrogens is 5. The Hall–Kier alpha value is -3.03. The molecule has 0 radical (unpaired) electrons. The summed E-state index contributed by atoms with van der Waals surface area (Å²) in [5.41, 5.74) is 1.73. The van der Waals surface area contributed by atoms with Gasteiger partial charge in [0.15, 0.2) is 11.2 Å². The molecule has 0 aliphatic rings. The van der Waals surface area contributed by atoms with Crippen molar-refractivity contribution in [3.05, 3.63) is 52.0 Å². The third-order valence-corrected chi connectivity index (χ3v) is 3.04. The van der Waals surface area contributed by atoms with Gasteiger partial charge >= 0.3 is 0 Å². The average molecular weight is 284 g/mol. The maximum Gasteiger partial charge on any atom is 0.278 e. The Morgan fingerprint density at radius 2 is 2.19 bits per heavy atom. The highest BCUT2D eigenvalue weighted by molar-refractivity contribution is 6.07. The molecular formula is C13H12N6O2. The number of aryl methyl sites for hydroxylation is 2. The summed E-state index contributed by atoms with van der Waals surface area (Å²) in [4.78, 5) is 30.8. The van der Waals surface area contributed by atoms with E-state index in [0.29, 0.717) is 11.4 Å². The van der Waals surface area contributed by atoms with Crippen molar-refractivity contribution in [2.45, 2.75) is 13.8 Å². The van der Waals surface area contributed by atoms with E-state index in [4.69, 9.17) is 0 Å². The van der Waals surface area contributed by atoms with Gasteiger partial charge in [-0.1, -0.05) is 5.21 Å². The third kappa shape index (κ3) is 2.27. The van der Waals surface area contributed by atoms with E-state index in [0.717, 1.165) is 5.56 Å². The number of nitrogens with one attached hydrogen (secondary N) is 2. The summed E-state index contributed by atoms with van der Waals surface area (Å²) in [5.74, 6) is -0.504. The Labute approximate surface area is 118 Å². The molecule has 3 aromatic heterocycles. The number of amides is 1. The summed E-state index contributed by atoms with van der Waals surface area (Å²) in [5, 5.41) is 10.3. The zero-order chi connectivity index (χ0) is 15.0. The summed E-state index contributed by atoms with van der Waals surface area (Å²) in [6.45, 7) is 3.57. The van der Waals surface area contributed by atoms with Crippen molar-refractivity contribution in [2.75, 3.05) is 5.32 Å². The molecule has 0 fully saturated rings. The van der Waals surface area contributed by atoms with Crippen molar-refractivity contribution in [3.63, 3.8) is 0 Å². The van der Waals surface area contributed by atoms with Gasteiger partial charge in [-0.25, -0.2) is 4.52 Å². The zero-order valence-electron chi connectivity index (χ0n) is 11.4. The third-order valence-electron chi connectivity index (χ3n) is 3.04. The minimum atomic E-state index is -0.504. The molecule has 106 valence electrons. The quantitative estimate of drug-likeness (QED) is 0.720. The van der Waals surface area contributed by atoms with E-state index >= 15 is 0 Å². The normalized spacial score (nSPS) is 10.8. The van der Waals surface area contributed by atoms with Crippen molar-refractivity contribution in [3.8, 4) is 0 Å². The first-order chi connectivity index (χ1) is 10.1. The van der Waals surface area contributed by atoms with E-state index in [1.165, 1.54) is 10.7 Å². The predicted octanol–water partition coefficient (Wildman–Crippen LogP) is 0.682. The highest BCUT2D eigenvalue weighted by Gasteiger charge is 2.18. The fourth-order valence-corrected chi connectivity index (χ4v) is 1.98. The molecule has 8 nitrogen and oxygen atoms in total. The molecule has 0 aliphatic carbocycles. The van der Waals surface area contributed by atoms with Crippen LogP contribution in [-0.4, -0.2) is 30.7 Å². The van der Waals surface area contributed by atoms with Crippen LogP contribution in [0.25, 0.3) is 5.52 Å². The molecule has 3 rings (SSSR count). The monoisotopic (exact) mass is 284 g/mol. The van der Waals surface area contributed by atoms with Crippen molar-refractivity contribution in [2.24, 2.45) is 0 Å². The number of fused-ring (bicyclic) bond motifs is 1. The molecule has 0 bridgehead atoms. The Balaban J connectivity index is 2.03. The molecule has 3 aromatic rings. The lowest BCUT2D eigenvalue weighted by Crippen LogP contribution is -2.18. The van der Waals surface area contributed by atoms with Gasteiger partial charge in [0.05, 0.1) is 18.1 Å². The van der Waals surface area contributed by atoms with Crippen molar-refractivity contribution in [1.29, 1.82) is 0 Å². The van der Waals surface area contributed by atoms with E-state index in [-0.39, 0.29) is 11.2 Å². The van der Waals surface area contributed by atoms with Crippen molar-refractivity contribution >= 4 is 17.1 Å². The number of aromatic amines is 1. The molecule has 0 saturated carbocycles. The SMILES string of the molecule is Cc1cn2nnc(C(=O)Nc3cnccc3C)c2c(=O)[nH]1. The molecule has 0 atom stereocenters. The summed E-state index contributed by atoms with van der Waals surface area (Å²) in [7, 11) is 0. The Morgan fingerprint density at radius 3 is 2.95 bits per heavy atom. The average Bonchev–Trinajstić information content (AvgIpc) is 2.85. The van der Waals surface area contributed by atoms with E-state index in [9.17, 15) is 9.59 Å². The van der Waals surface area contributed by atoms with Crippen molar-refractivity contribution < 1.29 is 4.79 Å². The van der Waals surface area contributed by atoms with Crippen LogP contribution in [0.4, 0.5) is 5.69 Å². The molecule has 2 N–H and O–H groups in total. The number of pyridine rings is 1. The summed E-state index contributed by atoms with van der Waals surface area (Å²) < 4.78 is 1.29. The summed E-state index contributed by atoms with van der Waals surface area (Å²) in [6, 6.07) is 1.77. The smallest absolute Gasteiger partial charge is 0.278 e. The van der Waals surface area contributed by atoms with Gasteiger partial charge in [0, 0.05) is 11.9 Å². The van der Waals surface area contributed by atoms with Crippen LogP contribution in [0.2, 0.25) is 0 Å². The van der Waals surface area contributed by atoms with Crippen molar-refractivity contribution in [1.82, 2.24) is 24.8 Å². The van der Waals surface area contributed by atoms with Crippen LogP contribution < -0.4 is 10.9 Å². The number of H-pyrrole nitrogens is 1. The van der Waals surface area contributed by atoms with Crippen LogP contribution in [0.5, 0.6) is 0 Å². The van der Waals surface area contributed by atoms with Gasteiger partial charge in [-0.3, -0.25) is 14.6 Å². The standard InChI is InChI=1S/C13H12N6O2/c1-7-3-4-14-5-9(7)16-12(20)10-11-13(21)15-8(2)6-19(11)18-17-10/h3-6H,1-2H3,(H,15,21)(H,16,20). The first-order valence-corrected chi connectivity index (χ1v) is 6.23. The maximum absolute atomic E-state index is 12.3. The summed E-state index contributed by atoms with van der Waals surface area (Å²) in [6.07, 6.45) is 4.76. The molecular weight excluding hydrogens is 272 g/mol. The minimum absolute atomic E-state index is 0.0282. The number of rotatable bonds is 2. The number of hydrogen-bond acceptors (Lipinski definition) is 5. The van der Waals surface area contributed by atoms with Crippen LogP contribution in [-0.2, 0) is 0 Å². The number of carbonyl (C=O) groups is 1. The molecule has 0 aliphatic heterocycles. The van der Waals surface area contributed by atoms with E-state index in [1.54, 1.807) is 25.4 Å². The van der Waals surface area contributed by atoms with E-state index < -0.39 is 11.5 Å². The molecule has 3 heterocycles. The molecule has 0 spiro atoms. The van der Waals surface area contributed by atoms with Crippen LogP contribution >= 0.6 is 0 Å². The number of anilines is 1. The number of carbonyl (C=O) groups excluding carboxylic acids is 1. The second kappa shape index (κ2) is 4.82. The van der Waals surface area contributed by atoms with Crippen LogP contribution in [0, 0.1) is 13.8 Å². The molecule has 1 amide bonds. The van der Waals surface area contributed by atoms with Gasteiger partial charge in [-0.2, -0.15) is 0 Å². The van der Waals surface area contributed by atoms with Gasteiger partial charge in [0.2, 0.25) is 0 Å². The number of nitrogens with zero attached hydrogens (tertiary/aromatic N) is 4. The fourth-order valence-electron chi connectivity index (χ4n) is 1.98. The Kier molecular flexibility index (Phi) is 2.98. The highest BCUT2D eigenvalue weighted by atomic mass is 16.2. The predicted molar refractivity (Wildman–Crippen MR) is 75.3 cm³/mol. The molecule has 21 heavy (non-hydrogen) atoms. The van der Waals surface area contributed by atoms with Crippen LogP contribution in [0.1, 0.15) is 21.7 Å². The van der Waals surface area contributed by atoms with Crippen LogP contribution in [0.15, 0.2) is 29.5 Å². The lowest BCUT2D eigenvalue weighted by molar-refractivity contribution is 0.102. The lowest BCUT2D eigenvalue weighted by atomic mass is 10.2. The Morgan fingerprint density at radius 1 is 1.38 bits per heavy atom. The fraction of sp³-hybridized carbons (Fsp3) is 0.154. The first-order valence-electron chi connectivity index (χ1n) is 6.23. The number of hydrogen-bond donors (Lipinski definition) is 2. The second-order valence-corrected chi connectivity index (χ2v) is 4.64. The van der Waals surface area contributed by atoms with Gasteiger partial charge in [0.1, 0.15) is 0 Å². The summed E-state index contributed by atoms with van der Waals surface area (Å²) >= 11 is 0. The highest BCUT2D eigenvalue weighted by Crippen LogP contribution is 2.13. The molecule has 0 saturated heterocycles. The molecule has 8 heteroatoms. The molecule has 0 aromatic carbocycles. The Bertz CT molecular complexity index is 895.